The van der Waals surface area contributed by atoms with E-state index in [1.165, 1.54) is 12.1 Å². The maximum atomic E-state index is 13.9. The minimum absolute atomic E-state index is 0.293. The molecule has 1 aromatic carbocycles. The number of nitrogens with zero attached hydrogens (tertiary/aromatic N) is 5. The van der Waals surface area contributed by atoms with Crippen molar-refractivity contribution in [3.63, 3.8) is 0 Å². The van der Waals surface area contributed by atoms with Crippen molar-refractivity contribution in [3.8, 4) is 33.9 Å². The van der Waals surface area contributed by atoms with Gasteiger partial charge in [-0.2, -0.15) is 5.10 Å². The average Bonchev–Trinajstić information content (AvgIpc) is 3.47. The van der Waals surface area contributed by atoms with Crippen LogP contribution in [0.4, 0.5) is 10.1 Å². The maximum absolute atomic E-state index is 13.9. The van der Waals surface area contributed by atoms with E-state index in [1.807, 2.05) is 24.3 Å². The first-order valence-electron chi connectivity index (χ1n) is 11.2. The summed E-state index contributed by atoms with van der Waals surface area (Å²) in [4.78, 5) is 21.4. The predicted molar refractivity (Wildman–Crippen MR) is 134 cm³/mol. The van der Waals surface area contributed by atoms with Gasteiger partial charge in [-0.3, -0.25) is 15.1 Å². The molecule has 35 heavy (non-hydrogen) atoms. The molecule has 8 nitrogen and oxygen atoms in total. The summed E-state index contributed by atoms with van der Waals surface area (Å²) in [6, 6.07) is 12.6. The summed E-state index contributed by atoms with van der Waals surface area (Å²) < 4.78 is 13.9. The molecule has 6 rings (SSSR count). The Kier molecular flexibility index (Phi) is 4.95. The Labute approximate surface area is 199 Å². The standard InChI is InChI=1S/C26H21FN8/c1-14(2)31-18-9-16(11-28-12-18)21-10-20-22(13-30-21)34-35-24(20)26-32-23-19(6-7-29-25(23)33-26)15-4-3-5-17(27)8-15/h3-14,31H,1-2H3,(H,34,35)(H,29,32,33). The molecule has 0 atom stereocenters. The lowest BCUT2D eigenvalue weighted by atomic mass is 10.1. The summed E-state index contributed by atoms with van der Waals surface area (Å²) in [5.74, 6) is 0.265. The van der Waals surface area contributed by atoms with E-state index in [2.05, 4.69) is 54.3 Å². The molecule has 0 spiro atoms. The zero-order valence-electron chi connectivity index (χ0n) is 19.0. The number of H-pyrrole nitrogens is 2. The Morgan fingerprint density at radius 1 is 0.971 bits per heavy atom. The van der Waals surface area contributed by atoms with Gasteiger partial charge in [-0.05, 0) is 49.7 Å². The van der Waals surface area contributed by atoms with E-state index < -0.39 is 0 Å². The summed E-state index contributed by atoms with van der Waals surface area (Å²) in [6.45, 7) is 4.16. The number of hydrogen-bond acceptors (Lipinski definition) is 6. The van der Waals surface area contributed by atoms with Crippen LogP contribution >= 0.6 is 0 Å². The van der Waals surface area contributed by atoms with Crippen molar-refractivity contribution in [3.05, 3.63) is 73.1 Å². The Bertz CT molecular complexity index is 1680. The predicted octanol–water partition coefficient (Wildman–Crippen LogP) is 5.58. The highest BCUT2D eigenvalue weighted by Crippen LogP contribution is 2.32. The molecule has 0 unspecified atom stereocenters. The molecule has 0 amide bonds. The first kappa shape index (κ1) is 20.9. The van der Waals surface area contributed by atoms with Crippen LogP contribution in [-0.4, -0.2) is 41.2 Å². The van der Waals surface area contributed by atoms with Crippen LogP contribution < -0.4 is 5.32 Å². The van der Waals surface area contributed by atoms with Gasteiger partial charge in [0.2, 0.25) is 0 Å². The third-order valence-electron chi connectivity index (χ3n) is 5.69. The zero-order valence-corrected chi connectivity index (χ0v) is 19.0. The molecule has 9 heteroatoms. The summed E-state index contributed by atoms with van der Waals surface area (Å²) in [6.07, 6.45) is 7.00. The molecule has 0 saturated carbocycles. The van der Waals surface area contributed by atoms with Crippen LogP contribution in [0.1, 0.15) is 13.8 Å². The molecule has 3 N–H and O–H groups in total. The van der Waals surface area contributed by atoms with Gasteiger partial charge < -0.3 is 10.3 Å². The van der Waals surface area contributed by atoms with Crippen LogP contribution in [0.2, 0.25) is 0 Å². The number of halogens is 1. The van der Waals surface area contributed by atoms with Gasteiger partial charge in [0.05, 0.1) is 28.6 Å². The van der Waals surface area contributed by atoms with E-state index >= 15 is 0 Å². The molecule has 0 aliphatic heterocycles. The van der Waals surface area contributed by atoms with Crippen LogP contribution in [-0.2, 0) is 0 Å². The number of nitrogens with one attached hydrogen (secondary N) is 3. The molecule has 5 heterocycles. The van der Waals surface area contributed by atoms with Gasteiger partial charge in [0.15, 0.2) is 11.5 Å². The molecule has 0 fully saturated rings. The third kappa shape index (κ3) is 3.86. The van der Waals surface area contributed by atoms with E-state index in [9.17, 15) is 4.39 Å². The summed E-state index contributed by atoms with van der Waals surface area (Å²) in [5, 5.41) is 11.8. The fourth-order valence-corrected chi connectivity index (χ4v) is 4.17. The second kappa shape index (κ2) is 8.28. The number of imidazole rings is 1. The maximum Gasteiger partial charge on any atom is 0.178 e. The van der Waals surface area contributed by atoms with Gasteiger partial charge in [-0.25, -0.2) is 14.4 Å². The molecule has 0 radical (unpaired) electrons. The first-order chi connectivity index (χ1) is 17.0. The van der Waals surface area contributed by atoms with Crippen molar-refractivity contribution in [2.24, 2.45) is 0 Å². The van der Waals surface area contributed by atoms with Crippen molar-refractivity contribution in [1.82, 2.24) is 35.1 Å². The highest BCUT2D eigenvalue weighted by atomic mass is 19.1. The number of rotatable bonds is 5. The minimum Gasteiger partial charge on any atom is -0.382 e. The number of pyridine rings is 3. The van der Waals surface area contributed by atoms with Gasteiger partial charge >= 0.3 is 0 Å². The van der Waals surface area contributed by atoms with Crippen molar-refractivity contribution >= 4 is 27.8 Å². The molecule has 0 aliphatic rings. The third-order valence-corrected chi connectivity index (χ3v) is 5.69. The lowest BCUT2D eigenvalue weighted by Crippen LogP contribution is -2.09. The van der Waals surface area contributed by atoms with Crippen molar-refractivity contribution in [2.75, 3.05) is 5.32 Å². The Morgan fingerprint density at radius 2 is 1.89 bits per heavy atom. The number of benzene rings is 1. The van der Waals surface area contributed by atoms with E-state index in [4.69, 9.17) is 0 Å². The second-order valence-corrected chi connectivity index (χ2v) is 8.60. The normalized spacial score (nSPS) is 11.5. The Morgan fingerprint density at radius 3 is 2.74 bits per heavy atom. The topological polar surface area (TPSA) is 108 Å². The molecule has 6 aromatic rings. The van der Waals surface area contributed by atoms with Crippen molar-refractivity contribution in [1.29, 1.82) is 0 Å². The average molecular weight is 465 g/mol. The lowest BCUT2D eigenvalue weighted by molar-refractivity contribution is 0.628. The van der Waals surface area contributed by atoms with Gasteiger partial charge in [-0.1, -0.05) is 12.1 Å². The summed E-state index contributed by atoms with van der Waals surface area (Å²) in [5.41, 5.74) is 6.84. The van der Waals surface area contributed by atoms with Crippen LogP contribution in [0.3, 0.4) is 0 Å². The number of fused-ring (bicyclic) bond motifs is 2. The van der Waals surface area contributed by atoms with Crippen molar-refractivity contribution < 1.29 is 4.39 Å². The first-order valence-corrected chi connectivity index (χ1v) is 11.2. The Balaban J connectivity index is 1.45. The van der Waals surface area contributed by atoms with Gasteiger partial charge in [0, 0.05) is 41.1 Å². The van der Waals surface area contributed by atoms with Crippen LogP contribution in [0.15, 0.2) is 67.3 Å². The van der Waals surface area contributed by atoms with Crippen LogP contribution in [0.25, 0.3) is 56.0 Å². The monoisotopic (exact) mass is 464 g/mol. The Hall–Kier alpha value is -4.66. The minimum atomic E-state index is -0.298. The number of anilines is 1. The second-order valence-electron chi connectivity index (χ2n) is 8.60. The fourth-order valence-electron chi connectivity index (χ4n) is 4.17. The number of aromatic nitrogens is 7. The largest absolute Gasteiger partial charge is 0.382 e. The molecule has 0 bridgehead atoms. The summed E-state index contributed by atoms with van der Waals surface area (Å²) >= 11 is 0. The SMILES string of the molecule is CC(C)Nc1cncc(-c2cc3c(-c4nc5nccc(-c6cccc(F)c6)c5[nH]4)n[nH]c3cn2)c1. The van der Waals surface area contributed by atoms with Gasteiger partial charge in [0.25, 0.3) is 0 Å². The summed E-state index contributed by atoms with van der Waals surface area (Å²) in [7, 11) is 0. The van der Waals surface area contributed by atoms with Gasteiger partial charge in [-0.15, -0.1) is 0 Å². The molecule has 5 aromatic heterocycles. The van der Waals surface area contributed by atoms with Gasteiger partial charge in [0.1, 0.15) is 11.5 Å². The molecular weight excluding hydrogens is 443 g/mol. The quantitative estimate of drug-likeness (QED) is 0.307. The molecule has 0 aliphatic carbocycles. The van der Waals surface area contributed by atoms with E-state index in [0.29, 0.717) is 23.2 Å². The molecular formula is C26H21FN8. The highest BCUT2D eigenvalue weighted by Gasteiger charge is 2.17. The molecule has 0 saturated heterocycles. The molecule has 172 valence electrons. The van der Waals surface area contributed by atoms with E-state index in [0.717, 1.165) is 44.5 Å². The van der Waals surface area contributed by atoms with Crippen LogP contribution in [0.5, 0.6) is 0 Å². The number of aromatic amines is 2. The van der Waals surface area contributed by atoms with E-state index in [1.54, 1.807) is 30.9 Å². The van der Waals surface area contributed by atoms with E-state index in [-0.39, 0.29) is 5.82 Å². The fraction of sp³-hybridized carbons (Fsp3) is 0.115. The highest BCUT2D eigenvalue weighted by molar-refractivity contribution is 5.96. The number of hydrogen-bond donors (Lipinski definition) is 3. The van der Waals surface area contributed by atoms with Crippen LogP contribution in [0, 0.1) is 5.82 Å². The zero-order chi connectivity index (χ0) is 23.9. The van der Waals surface area contributed by atoms with Crippen molar-refractivity contribution in [2.45, 2.75) is 19.9 Å². The lowest BCUT2D eigenvalue weighted by Gasteiger charge is -2.10. The smallest absolute Gasteiger partial charge is 0.178 e.